The van der Waals surface area contributed by atoms with Gasteiger partial charge in [0.25, 0.3) is 0 Å². The zero-order valence-electron chi connectivity index (χ0n) is 11.3. The molecule has 2 atom stereocenters. The highest BCUT2D eigenvalue weighted by Crippen LogP contribution is 2.33. The number of carbonyl (C=O) groups is 1. The number of benzene rings is 1. The second kappa shape index (κ2) is 6.74. The molecule has 0 aliphatic rings. The Morgan fingerprint density at radius 2 is 1.80 bits per heavy atom. The number of alkyl halides is 3. The number of carboxylic acid groups (broad SMARTS) is 1. The fraction of sp³-hybridized carbons (Fsp3) is 0.500. The third kappa shape index (κ3) is 4.85. The Morgan fingerprint density at radius 3 is 2.20 bits per heavy atom. The van der Waals surface area contributed by atoms with E-state index in [0.717, 1.165) is 0 Å². The zero-order chi connectivity index (χ0) is 15.3. The Bertz CT molecular complexity index is 432. The number of aliphatic carboxylic acids is 1. The van der Waals surface area contributed by atoms with Crippen LogP contribution in [0.2, 0.25) is 0 Å². The highest BCUT2D eigenvalue weighted by Gasteiger charge is 2.42. The second-order valence-corrected chi connectivity index (χ2v) is 5.07. The molecule has 0 saturated heterocycles. The normalized spacial score (nSPS) is 15.1. The number of halogens is 3. The van der Waals surface area contributed by atoms with Gasteiger partial charge in [0.15, 0.2) is 0 Å². The molecule has 0 heterocycles. The Balaban J connectivity index is 2.98. The van der Waals surface area contributed by atoms with Gasteiger partial charge in [0.2, 0.25) is 0 Å². The lowest BCUT2D eigenvalue weighted by atomic mass is 10.0. The summed E-state index contributed by atoms with van der Waals surface area (Å²) in [5, 5.41) is 11.3. The predicted molar refractivity (Wildman–Crippen MR) is 69.3 cm³/mol. The van der Waals surface area contributed by atoms with E-state index in [1.807, 2.05) is 0 Å². The fourth-order valence-corrected chi connectivity index (χ4v) is 1.94. The van der Waals surface area contributed by atoms with E-state index in [9.17, 15) is 18.0 Å². The summed E-state index contributed by atoms with van der Waals surface area (Å²) in [6.07, 6.45) is -4.42. The third-order valence-corrected chi connectivity index (χ3v) is 2.83. The molecule has 1 rings (SSSR count). The SMILES string of the molecule is CC(C)C[C@H](NC(c1ccccc1)C(F)(F)F)C(=O)O. The number of nitrogens with one attached hydrogen (secondary N) is 1. The number of carboxylic acids is 1. The average molecular weight is 289 g/mol. The monoisotopic (exact) mass is 289 g/mol. The Labute approximate surface area is 115 Å². The van der Waals surface area contributed by atoms with Gasteiger partial charge in [-0.2, -0.15) is 13.2 Å². The third-order valence-electron chi connectivity index (χ3n) is 2.83. The molecule has 112 valence electrons. The lowest BCUT2D eigenvalue weighted by molar-refractivity contribution is -0.163. The molecule has 20 heavy (non-hydrogen) atoms. The Kier molecular flexibility index (Phi) is 5.56. The summed E-state index contributed by atoms with van der Waals surface area (Å²) in [5.74, 6) is -1.29. The molecule has 6 heteroatoms. The van der Waals surface area contributed by atoms with Crippen LogP contribution in [0.4, 0.5) is 13.2 Å². The Morgan fingerprint density at radius 1 is 1.25 bits per heavy atom. The van der Waals surface area contributed by atoms with Crippen LogP contribution in [-0.4, -0.2) is 23.3 Å². The summed E-state index contributed by atoms with van der Waals surface area (Å²) < 4.78 is 39.3. The molecule has 0 aliphatic carbocycles. The van der Waals surface area contributed by atoms with Crippen molar-refractivity contribution < 1.29 is 23.1 Å². The number of hydrogen-bond acceptors (Lipinski definition) is 2. The van der Waals surface area contributed by atoms with Crippen molar-refractivity contribution in [1.29, 1.82) is 0 Å². The maximum absolute atomic E-state index is 13.1. The van der Waals surface area contributed by atoms with Gasteiger partial charge in [-0.05, 0) is 17.9 Å². The van der Waals surface area contributed by atoms with E-state index < -0.39 is 24.2 Å². The molecular formula is C14H18F3NO2. The minimum Gasteiger partial charge on any atom is -0.480 e. The first-order chi connectivity index (χ1) is 9.21. The maximum Gasteiger partial charge on any atom is 0.407 e. The zero-order valence-corrected chi connectivity index (χ0v) is 11.3. The van der Waals surface area contributed by atoms with Gasteiger partial charge in [0.05, 0.1) is 0 Å². The van der Waals surface area contributed by atoms with Gasteiger partial charge < -0.3 is 5.11 Å². The van der Waals surface area contributed by atoms with Crippen LogP contribution in [0.25, 0.3) is 0 Å². The molecule has 1 aromatic carbocycles. The van der Waals surface area contributed by atoms with Crippen LogP contribution in [0.5, 0.6) is 0 Å². The minimum absolute atomic E-state index is 0.00926. The largest absolute Gasteiger partial charge is 0.480 e. The van der Waals surface area contributed by atoms with Crippen molar-refractivity contribution in [3.63, 3.8) is 0 Å². The molecule has 0 spiro atoms. The summed E-state index contributed by atoms with van der Waals surface area (Å²) in [7, 11) is 0. The maximum atomic E-state index is 13.1. The predicted octanol–water partition coefficient (Wildman–Crippen LogP) is 3.38. The molecule has 0 fully saturated rings. The lowest BCUT2D eigenvalue weighted by Gasteiger charge is -2.26. The molecule has 3 nitrogen and oxygen atoms in total. The molecule has 0 radical (unpaired) electrons. The number of hydrogen-bond donors (Lipinski definition) is 2. The minimum atomic E-state index is -4.55. The summed E-state index contributed by atoms with van der Waals surface area (Å²) in [4.78, 5) is 11.1. The van der Waals surface area contributed by atoms with Gasteiger partial charge in [-0.25, -0.2) is 0 Å². The highest BCUT2D eigenvalue weighted by atomic mass is 19.4. The molecule has 2 N–H and O–H groups in total. The first kappa shape index (κ1) is 16.5. The van der Waals surface area contributed by atoms with Crippen molar-refractivity contribution in [1.82, 2.24) is 5.32 Å². The van der Waals surface area contributed by atoms with Crippen LogP contribution in [-0.2, 0) is 4.79 Å². The van der Waals surface area contributed by atoms with Gasteiger partial charge in [-0.1, -0.05) is 44.2 Å². The molecule has 1 aromatic rings. The number of rotatable bonds is 6. The van der Waals surface area contributed by atoms with Crippen LogP contribution in [0.15, 0.2) is 30.3 Å². The Hall–Kier alpha value is -1.56. The first-order valence-electron chi connectivity index (χ1n) is 6.32. The van der Waals surface area contributed by atoms with Crippen LogP contribution in [0, 0.1) is 5.92 Å². The van der Waals surface area contributed by atoms with E-state index in [2.05, 4.69) is 5.32 Å². The van der Waals surface area contributed by atoms with Gasteiger partial charge in [0, 0.05) is 0 Å². The van der Waals surface area contributed by atoms with Crippen molar-refractivity contribution in [2.45, 2.75) is 38.5 Å². The molecule has 0 aromatic heterocycles. The van der Waals surface area contributed by atoms with Crippen molar-refractivity contribution in [2.24, 2.45) is 5.92 Å². The van der Waals surface area contributed by atoms with E-state index in [1.165, 1.54) is 24.3 Å². The molecule has 0 bridgehead atoms. The van der Waals surface area contributed by atoms with Crippen LogP contribution in [0.1, 0.15) is 31.9 Å². The van der Waals surface area contributed by atoms with Crippen LogP contribution < -0.4 is 5.32 Å². The summed E-state index contributed by atoms with van der Waals surface area (Å²) in [5.41, 5.74) is 0.00926. The lowest BCUT2D eigenvalue weighted by Crippen LogP contribution is -2.45. The van der Waals surface area contributed by atoms with Crippen molar-refractivity contribution in [2.75, 3.05) is 0 Å². The molecular weight excluding hydrogens is 271 g/mol. The second-order valence-electron chi connectivity index (χ2n) is 5.07. The molecule has 0 amide bonds. The summed E-state index contributed by atoms with van der Waals surface area (Å²) >= 11 is 0. The molecule has 1 unspecified atom stereocenters. The van der Waals surface area contributed by atoms with Gasteiger partial charge >= 0.3 is 12.1 Å². The quantitative estimate of drug-likeness (QED) is 0.844. The van der Waals surface area contributed by atoms with E-state index in [0.29, 0.717) is 0 Å². The summed E-state index contributed by atoms with van der Waals surface area (Å²) in [6, 6.07) is 4.05. The molecule has 0 saturated carbocycles. The van der Waals surface area contributed by atoms with Gasteiger partial charge in [-0.3, -0.25) is 10.1 Å². The fourth-order valence-electron chi connectivity index (χ4n) is 1.94. The van der Waals surface area contributed by atoms with Gasteiger partial charge in [-0.15, -0.1) is 0 Å². The standard InChI is InChI=1S/C14H18F3NO2/c1-9(2)8-11(13(19)20)18-12(14(15,16)17)10-6-4-3-5-7-10/h3-7,9,11-12,18H,8H2,1-2H3,(H,19,20)/t11-,12?/m0/s1. The summed E-state index contributed by atoms with van der Waals surface area (Å²) in [6.45, 7) is 3.53. The van der Waals surface area contributed by atoms with Crippen molar-refractivity contribution >= 4 is 5.97 Å². The van der Waals surface area contributed by atoms with E-state index >= 15 is 0 Å². The van der Waals surface area contributed by atoms with Gasteiger partial charge in [0.1, 0.15) is 12.1 Å². The van der Waals surface area contributed by atoms with E-state index in [1.54, 1.807) is 19.9 Å². The highest BCUT2D eigenvalue weighted by molar-refractivity contribution is 5.73. The van der Waals surface area contributed by atoms with Crippen molar-refractivity contribution in [3.8, 4) is 0 Å². The topological polar surface area (TPSA) is 49.3 Å². The first-order valence-corrected chi connectivity index (χ1v) is 6.32. The molecule has 0 aliphatic heterocycles. The average Bonchev–Trinajstić information content (AvgIpc) is 2.33. The van der Waals surface area contributed by atoms with Crippen LogP contribution >= 0.6 is 0 Å². The van der Waals surface area contributed by atoms with E-state index in [4.69, 9.17) is 5.11 Å². The smallest absolute Gasteiger partial charge is 0.407 e. The van der Waals surface area contributed by atoms with Crippen LogP contribution in [0.3, 0.4) is 0 Å². The van der Waals surface area contributed by atoms with E-state index in [-0.39, 0.29) is 17.9 Å². The van der Waals surface area contributed by atoms with Crippen molar-refractivity contribution in [3.05, 3.63) is 35.9 Å².